The Bertz CT molecular complexity index is 324. The van der Waals surface area contributed by atoms with E-state index in [9.17, 15) is 0 Å². The Hall–Kier alpha value is -0.580. The predicted octanol–water partition coefficient (Wildman–Crippen LogP) is 1.69. The average Bonchev–Trinajstić information content (AvgIpc) is 2.19. The second kappa shape index (κ2) is 4.29. The number of benzene rings is 1. The number of nitrogen functional groups attached to an aromatic ring is 1. The zero-order valence-corrected chi connectivity index (χ0v) is 9.38. The van der Waals surface area contributed by atoms with Crippen LogP contribution in [0.15, 0.2) is 22.7 Å². The van der Waals surface area contributed by atoms with E-state index < -0.39 is 0 Å². The van der Waals surface area contributed by atoms with E-state index in [-0.39, 0.29) is 6.04 Å². The topological polar surface area (TPSA) is 47.3 Å². The molecule has 1 aromatic rings. The average molecular weight is 257 g/mol. The summed E-state index contributed by atoms with van der Waals surface area (Å²) in [5.41, 5.74) is 7.66. The van der Waals surface area contributed by atoms with Gasteiger partial charge in [0, 0.05) is 16.7 Å². The molecule has 1 atom stereocenters. The first-order chi connectivity index (χ1) is 6.77. The molecule has 0 aliphatic carbocycles. The van der Waals surface area contributed by atoms with Crippen molar-refractivity contribution in [3.8, 4) is 0 Å². The van der Waals surface area contributed by atoms with E-state index in [1.54, 1.807) is 0 Å². The quantitative estimate of drug-likeness (QED) is 0.753. The largest absolute Gasteiger partial charge is 0.399 e. The number of nitrogens with one attached hydrogen (secondary N) is 1. The normalized spacial score (nSPS) is 22.2. The van der Waals surface area contributed by atoms with Gasteiger partial charge in [0.25, 0.3) is 0 Å². The van der Waals surface area contributed by atoms with Crippen LogP contribution in [0.3, 0.4) is 0 Å². The summed E-state index contributed by atoms with van der Waals surface area (Å²) in [5.74, 6) is 0. The predicted molar refractivity (Wildman–Crippen MR) is 60.1 cm³/mol. The molecule has 3 N–H and O–H groups in total. The van der Waals surface area contributed by atoms with Crippen LogP contribution in [0.25, 0.3) is 0 Å². The number of rotatable bonds is 1. The minimum atomic E-state index is 0.277. The molecule has 0 aromatic heterocycles. The highest BCUT2D eigenvalue weighted by atomic mass is 79.9. The van der Waals surface area contributed by atoms with Crippen LogP contribution in [0.1, 0.15) is 11.6 Å². The molecule has 0 radical (unpaired) electrons. The molecule has 14 heavy (non-hydrogen) atoms. The molecule has 1 fully saturated rings. The Balaban J connectivity index is 2.22. The van der Waals surface area contributed by atoms with Crippen LogP contribution in [0.5, 0.6) is 0 Å². The maximum absolute atomic E-state index is 5.68. The Morgan fingerprint density at radius 3 is 3.00 bits per heavy atom. The number of anilines is 1. The van der Waals surface area contributed by atoms with Crippen LogP contribution in [-0.4, -0.2) is 19.8 Å². The summed E-state index contributed by atoms with van der Waals surface area (Å²) in [4.78, 5) is 0. The molecule has 1 aliphatic heterocycles. The van der Waals surface area contributed by atoms with Crippen molar-refractivity contribution in [2.24, 2.45) is 0 Å². The third kappa shape index (κ3) is 2.08. The third-order valence-electron chi connectivity index (χ3n) is 2.32. The molecule has 1 heterocycles. The van der Waals surface area contributed by atoms with Crippen molar-refractivity contribution < 1.29 is 4.74 Å². The monoisotopic (exact) mass is 256 g/mol. The van der Waals surface area contributed by atoms with Crippen molar-refractivity contribution in [1.29, 1.82) is 0 Å². The molecule has 1 aromatic carbocycles. The molecule has 0 unspecified atom stereocenters. The Kier molecular flexibility index (Phi) is 3.05. The van der Waals surface area contributed by atoms with E-state index >= 15 is 0 Å². The van der Waals surface area contributed by atoms with Crippen LogP contribution in [-0.2, 0) is 4.74 Å². The van der Waals surface area contributed by atoms with Gasteiger partial charge < -0.3 is 15.8 Å². The smallest absolute Gasteiger partial charge is 0.0662 e. The Morgan fingerprint density at radius 1 is 1.50 bits per heavy atom. The lowest BCUT2D eigenvalue weighted by molar-refractivity contribution is 0.0767. The highest BCUT2D eigenvalue weighted by molar-refractivity contribution is 9.10. The van der Waals surface area contributed by atoms with Crippen LogP contribution >= 0.6 is 15.9 Å². The highest BCUT2D eigenvalue weighted by Gasteiger charge is 2.17. The number of ether oxygens (including phenoxy) is 1. The van der Waals surface area contributed by atoms with Crippen molar-refractivity contribution in [3.63, 3.8) is 0 Å². The van der Waals surface area contributed by atoms with E-state index in [1.165, 1.54) is 5.56 Å². The molecule has 0 saturated carbocycles. The molecule has 0 bridgehead atoms. The van der Waals surface area contributed by atoms with E-state index in [4.69, 9.17) is 10.5 Å². The van der Waals surface area contributed by atoms with Crippen LogP contribution in [0, 0.1) is 0 Å². The third-order valence-corrected chi connectivity index (χ3v) is 3.01. The molecular formula is C10H13BrN2O. The van der Waals surface area contributed by atoms with E-state index in [0.717, 1.165) is 29.9 Å². The molecule has 2 rings (SSSR count). The first-order valence-electron chi connectivity index (χ1n) is 4.63. The molecule has 1 saturated heterocycles. The van der Waals surface area contributed by atoms with Crippen molar-refractivity contribution in [1.82, 2.24) is 5.32 Å². The number of morpholine rings is 1. The van der Waals surface area contributed by atoms with E-state index in [1.807, 2.05) is 18.2 Å². The molecule has 1 aliphatic rings. The van der Waals surface area contributed by atoms with Gasteiger partial charge in [-0.15, -0.1) is 0 Å². The number of nitrogens with two attached hydrogens (primary N) is 1. The second-order valence-corrected chi connectivity index (χ2v) is 4.22. The van der Waals surface area contributed by atoms with Crippen LogP contribution in [0.2, 0.25) is 0 Å². The molecule has 3 nitrogen and oxygen atoms in total. The summed E-state index contributed by atoms with van der Waals surface area (Å²) in [6.45, 7) is 2.42. The zero-order chi connectivity index (χ0) is 9.97. The summed E-state index contributed by atoms with van der Waals surface area (Å²) < 4.78 is 6.45. The maximum Gasteiger partial charge on any atom is 0.0662 e. The van der Waals surface area contributed by atoms with Crippen molar-refractivity contribution in [2.75, 3.05) is 25.5 Å². The van der Waals surface area contributed by atoms with Gasteiger partial charge in [0.05, 0.1) is 19.3 Å². The number of hydrogen-bond donors (Lipinski definition) is 2. The Labute approximate surface area is 91.8 Å². The SMILES string of the molecule is Nc1ccc([C@@H]2COCCN2)c(Br)c1. The van der Waals surface area contributed by atoms with Crippen LogP contribution < -0.4 is 11.1 Å². The molecule has 76 valence electrons. The maximum atomic E-state index is 5.68. The van der Waals surface area contributed by atoms with Gasteiger partial charge in [-0.1, -0.05) is 22.0 Å². The fourth-order valence-electron chi connectivity index (χ4n) is 1.59. The minimum Gasteiger partial charge on any atom is -0.399 e. The highest BCUT2D eigenvalue weighted by Crippen LogP contribution is 2.26. The summed E-state index contributed by atoms with van der Waals surface area (Å²) in [6.07, 6.45) is 0. The fourth-order valence-corrected chi connectivity index (χ4v) is 2.26. The van der Waals surface area contributed by atoms with Crippen LogP contribution in [0.4, 0.5) is 5.69 Å². The van der Waals surface area contributed by atoms with Gasteiger partial charge in [0.2, 0.25) is 0 Å². The summed E-state index contributed by atoms with van der Waals surface area (Å²) >= 11 is 3.51. The van der Waals surface area contributed by atoms with E-state index in [2.05, 4.69) is 21.2 Å². The first-order valence-corrected chi connectivity index (χ1v) is 5.43. The van der Waals surface area contributed by atoms with Gasteiger partial charge in [-0.3, -0.25) is 0 Å². The van der Waals surface area contributed by atoms with Crippen molar-refractivity contribution >= 4 is 21.6 Å². The lowest BCUT2D eigenvalue weighted by atomic mass is 10.1. The molecule has 0 spiro atoms. The second-order valence-electron chi connectivity index (χ2n) is 3.36. The van der Waals surface area contributed by atoms with Gasteiger partial charge in [-0.2, -0.15) is 0 Å². The van der Waals surface area contributed by atoms with E-state index in [0.29, 0.717) is 0 Å². The summed E-state index contributed by atoms with van der Waals surface area (Å²) in [5, 5.41) is 3.40. The van der Waals surface area contributed by atoms with Gasteiger partial charge in [-0.25, -0.2) is 0 Å². The van der Waals surface area contributed by atoms with Gasteiger partial charge in [0.15, 0.2) is 0 Å². The zero-order valence-electron chi connectivity index (χ0n) is 7.79. The molecular weight excluding hydrogens is 244 g/mol. The van der Waals surface area contributed by atoms with Crippen molar-refractivity contribution in [2.45, 2.75) is 6.04 Å². The lowest BCUT2D eigenvalue weighted by Crippen LogP contribution is -2.34. The fraction of sp³-hybridized carbons (Fsp3) is 0.400. The molecule has 0 amide bonds. The first kappa shape index (κ1) is 9.96. The number of hydrogen-bond acceptors (Lipinski definition) is 3. The van der Waals surface area contributed by atoms with Gasteiger partial charge >= 0.3 is 0 Å². The van der Waals surface area contributed by atoms with Gasteiger partial charge in [-0.05, 0) is 17.7 Å². The van der Waals surface area contributed by atoms with Gasteiger partial charge in [0.1, 0.15) is 0 Å². The standard InChI is InChI=1S/C10H13BrN2O/c11-9-5-7(12)1-2-8(9)10-6-14-4-3-13-10/h1-2,5,10,13H,3-4,6,12H2/t10-/m0/s1. The Morgan fingerprint density at radius 2 is 2.36 bits per heavy atom. The minimum absolute atomic E-state index is 0.277. The molecule has 4 heteroatoms. The van der Waals surface area contributed by atoms with Crippen molar-refractivity contribution in [3.05, 3.63) is 28.2 Å². The number of halogens is 1. The summed E-state index contributed by atoms with van der Waals surface area (Å²) in [6, 6.07) is 6.15. The lowest BCUT2D eigenvalue weighted by Gasteiger charge is -2.25. The summed E-state index contributed by atoms with van der Waals surface area (Å²) in [7, 11) is 0.